The van der Waals surface area contributed by atoms with Gasteiger partial charge in [0.05, 0.1) is 26.4 Å². The van der Waals surface area contributed by atoms with Crippen molar-refractivity contribution in [1.82, 2.24) is 0 Å². The van der Waals surface area contributed by atoms with Gasteiger partial charge in [-0.1, -0.05) is 128 Å². The van der Waals surface area contributed by atoms with Gasteiger partial charge in [0.2, 0.25) is 0 Å². The third-order valence-electron chi connectivity index (χ3n) is 7.85. The maximum absolute atomic E-state index is 6.26. The molecule has 0 heterocycles. The van der Waals surface area contributed by atoms with E-state index >= 15 is 0 Å². The van der Waals surface area contributed by atoms with Crippen LogP contribution < -0.4 is 18.9 Å². The molecule has 1 aliphatic carbocycles. The summed E-state index contributed by atoms with van der Waals surface area (Å²) >= 11 is 0. The van der Waals surface area contributed by atoms with E-state index in [1.54, 1.807) is 0 Å². The minimum absolute atomic E-state index is 0.674. The van der Waals surface area contributed by atoms with Gasteiger partial charge in [0, 0.05) is 46.5 Å². The van der Waals surface area contributed by atoms with E-state index in [4.69, 9.17) is 18.9 Å². The Kier molecular flexibility index (Phi) is 17.2. The van der Waals surface area contributed by atoms with Gasteiger partial charge in [0.15, 0.2) is 23.0 Å². The van der Waals surface area contributed by atoms with E-state index in [2.05, 4.69) is 51.4 Å². The van der Waals surface area contributed by atoms with Crippen molar-refractivity contribution in [2.45, 2.75) is 130 Å². The lowest BCUT2D eigenvalue weighted by Crippen LogP contribution is -2.05. The molecule has 0 radical (unpaired) electrons. The Hall–Kier alpha value is -3.24. The normalized spacial score (nSPS) is 11.2. The van der Waals surface area contributed by atoms with E-state index in [-0.39, 0.29) is 0 Å². The van der Waals surface area contributed by atoms with Crippen molar-refractivity contribution in [3.8, 4) is 46.7 Å². The van der Waals surface area contributed by atoms with Gasteiger partial charge in [-0.2, -0.15) is 0 Å². The van der Waals surface area contributed by atoms with Crippen LogP contribution in [0, 0.1) is 23.7 Å². The van der Waals surface area contributed by atoms with Crippen LogP contribution in [0.4, 0.5) is 0 Å². The molecule has 240 valence electrons. The predicted octanol–water partition coefficient (Wildman–Crippen LogP) is 10.6. The van der Waals surface area contributed by atoms with Gasteiger partial charge in [-0.15, -0.1) is 0 Å². The molecule has 0 N–H and O–H groups in total. The number of hydrogen-bond donors (Lipinski definition) is 0. The molecule has 0 spiro atoms. The number of unbranched alkanes of at least 4 members (excludes halogenated alkanes) is 12. The second kappa shape index (κ2) is 21.5. The predicted molar refractivity (Wildman–Crippen MR) is 183 cm³/mol. The van der Waals surface area contributed by atoms with E-state index < -0.39 is 0 Å². The first-order valence-electron chi connectivity index (χ1n) is 17.6. The van der Waals surface area contributed by atoms with Crippen molar-refractivity contribution in [3.63, 3.8) is 0 Å². The van der Waals surface area contributed by atoms with Crippen LogP contribution in [0.2, 0.25) is 0 Å². The highest BCUT2D eigenvalue weighted by Crippen LogP contribution is 2.34. The Morgan fingerprint density at radius 2 is 0.568 bits per heavy atom. The van der Waals surface area contributed by atoms with Crippen LogP contribution in [0.25, 0.3) is 0 Å². The summed E-state index contributed by atoms with van der Waals surface area (Å²) in [5.74, 6) is 16.6. The van der Waals surface area contributed by atoms with Crippen molar-refractivity contribution < 1.29 is 18.9 Å². The molecule has 2 aromatic carbocycles. The fourth-order valence-electron chi connectivity index (χ4n) is 5.10. The summed E-state index contributed by atoms with van der Waals surface area (Å²) in [7, 11) is 0. The van der Waals surface area contributed by atoms with E-state index in [1.807, 2.05) is 24.3 Å². The lowest BCUT2D eigenvalue weighted by Gasteiger charge is -2.16. The molecular weight excluding hydrogens is 544 g/mol. The highest BCUT2D eigenvalue weighted by atomic mass is 16.5. The average Bonchev–Trinajstić information content (AvgIpc) is 3.03. The highest BCUT2D eigenvalue weighted by molar-refractivity contribution is 5.66. The standard InChI is InChI=1S/C40H56O4/c1-5-9-13-17-25-41-37-29-33-21-22-35-31-39(43-27-19-15-11-7-3)40(44-28-20-16-12-8-4)32-36(35)24-23-34(33)30-38(37)42-26-18-14-10-6-2/h29-32H,5-20,25-28H2,1-4H3. The van der Waals surface area contributed by atoms with Crippen molar-refractivity contribution >= 4 is 0 Å². The molecule has 0 saturated heterocycles. The van der Waals surface area contributed by atoms with E-state index in [0.717, 1.165) is 70.9 Å². The number of rotatable bonds is 24. The minimum atomic E-state index is 0.674. The monoisotopic (exact) mass is 600 g/mol. The largest absolute Gasteiger partial charge is 0.490 e. The molecule has 0 saturated carbocycles. The zero-order valence-electron chi connectivity index (χ0n) is 28.1. The third-order valence-corrected chi connectivity index (χ3v) is 7.85. The zero-order valence-corrected chi connectivity index (χ0v) is 28.1. The molecule has 44 heavy (non-hydrogen) atoms. The molecule has 0 atom stereocenters. The Bertz CT molecular complexity index is 1050. The number of hydrogen-bond acceptors (Lipinski definition) is 4. The van der Waals surface area contributed by atoms with Crippen LogP contribution in [-0.4, -0.2) is 26.4 Å². The topological polar surface area (TPSA) is 36.9 Å². The molecule has 0 fully saturated rings. The quantitative estimate of drug-likeness (QED) is 0.0757. The molecule has 3 rings (SSSR count). The van der Waals surface area contributed by atoms with Gasteiger partial charge in [-0.3, -0.25) is 0 Å². The summed E-state index contributed by atoms with van der Waals surface area (Å²) in [6.45, 7) is 11.6. The van der Waals surface area contributed by atoms with E-state index in [1.165, 1.54) is 77.0 Å². The lowest BCUT2D eigenvalue weighted by molar-refractivity contribution is 0.258. The summed E-state index contributed by atoms with van der Waals surface area (Å²) < 4.78 is 25.0. The Morgan fingerprint density at radius 1 is 0.341 bits per heavy atom. The maximum Gasteiger partial charge on any atom is 0.162 e. The molecule has 0 aliphatic heterocycles. The smallest absolute Gasteiger partial charge is 0.162 e. The average molecular weight is 601 g/mol. The molecule has 1 aliphatic rings. The van der Waals surface area contributed by atoms with Crippen LogP contribution in [0.1, 0.15) is 153 Å². The summed E-state index contributed by atoms with van der Waals surface area (Å²) in [5, 5.41) is 0. The van der Waals surface area contributed by atoms with Crippen molar-refractivity contribution in [2.24, 2.45) is 0 Å². The first kappa shape index (κ1) is 35.2. The molecule has 0 aromatic heterocycles. The van der Waals surface area contributed by atoms with Crippen LogP contribution in [0.5, 0.6) is 23.0 Å². The first-order valence-corrected chi connectivity index (χ1v) is 17.6. The van der Waals surface area contributed by atoms with Crippen LogP contribution in [0.15, 0.2) is 24.3 Å². The summed E-state index contributed by atoms with van der Waals surface area (Å²) in [4.78, 5) is 0. The highest BCUT2D eigenvalue weighted by Gasteiger charge is 2.15. The summed E-state index contributed by atoms with van der Waals surface area (Å²) in [6.07, 6.45) is 18.5. The third kappa shape index (κ3) is 12.4. The molecule has 4 nitrogen and oxygen atoms in total. The fourth-order valence-corrected chi connectivity index (χ4v) is 5.10. The van der Waals surface area contributed by atoms with Crippen molar-refractivity contribution in [3.05, 3.63) is 46.5 Å². The Labute approximate surface area is 268 Å². The van der Waals surface area contributed by atoms with Gasteiger partial charge in [0.25, 0.3) is 0 Å². The van der Waals surface area contributed by atoms with Crippen LogP contribution in [0.3, 0.4) is 0 Å². The number of benzene rings is 2. The Balaban J connectivity index is 1.86. The van der Waals surface area contributed by atoms with Crippen molar-refractivity contribution in [1.29, 1.82) is 0 Å². The summed E-state index contributed by atoms with van der Waals surface area (Å²) in [5.41, 5.74) is 3.46. The lowest BCUT2D eigenvalue weighted by atomic mass is 10.0. The molecule has 0 bridgehead atoms. The van der Waals surface area contributed by atoms with Crippen LogP contribution in [-0.2, 0) is 0 Å². The fraction of sp³-hybridized carbons (Fsp3) is 0.600. The zero-order chi connectivity index (χ0) is 31.2. The second-order valence-corrected chi connectivity index (χ2v) is 11.8. The van der Waals surface area contributed by atoms with E-state index in [9.17, 15) is 0 Å². The second-order valence-electron chi connectivity index (χ2n) is 11.8. The van der Waals surface area contributed by atoms with Crippen LogP contribution >= 0.6 is 0 Å². The SMILES string of the molecule is CCCCCCOc1cc2c(cc1OCCCCCC)C#Cc1cc(OCCCCCC)c(OCCCCCC)cc1C#C2. The molecule has 0 unspecified atom stereocenters. The van der Waals surface area contributed by atoms with Gasteiger partial charge in [-0.05, 0) is 25.7 Å². The molecule has 2 aromatic rings. The van der Waals surface area contributed by atoms with Gasteiger partial charge < -0.3 is 18.9 Å². The van der Waals surface area contributed by atoms with E-state index in [0.29, 0.717) is 26.4 Å². The Morgan fingerprint density at radius 3 is 0.773 bits per heavy atom. The van der Waals surface area contributed by atoms with Crippen molar-refractivity contribution in [2.75, 3.05) is 26.4 Å². The molecule has 0 amide bonds. The maximum atomic E-state index is 6.26. The summed E-state index contributed by atoms with van der Waals surface area (Å²) in [6, 6.07) is 8.06. The van der Waals surface area contributed by atoms with Gasteiger partial charge in [-0.25, -0.2) is 0 Å². The van der Waals surface area contributed by atoms with Gasteiger partial charge >= 0.3 is 0 Å². The first-order chi connectivity index (χ1) is 21.7. The number of ether oxygens (including phenoxy) is 4. The molecular formula is C40H56O4. The minimum Gasteiger partial charge on any atom is -0.490 e. The van der Waals surface area contributed by atoms with Gasteiger partial charge in [0.1, 0.15) is 0 Å². The number of fused-ring (bicyclic) bond motifs is 2. The molecule has 4 heteroatoms.